The third-order valence-electron chi connectivity index (χ3n) is 4.56. The number of allylic oxidation sites excluding steroid dienone is 1. The second kappa shape index (κ2) is 9.68. The number of nitrogens with zero attached hydrogens (tertiary/aromatic N) is 2. The van der Waals surface area contributed by atoms with Gasteiger partial charge in [0.05, 0.1) is 26.6 Å². The minimum Gasteiger partial charge on any atom is -0.481 e. The van der Waals surface area contributed by atoms with Gasteiger partial charge in [-0.2, -0.15) is 0 Å². The highest BCUT2D eigenvalue weighted by Gasteiger charge is 2.45. The number of carbonyl (C=O) groups is 3. The monoisotopic (exact) mass is 418 g/mol. The maximum atomic E-state index is 12.5. The van der Waals surface area contributed by atoms with Gasteiger partial charge in [-0.3, -0.25) is 19.7 Å². The fourth-order valence-electron chi connectivity index (χ4n) is 3.43. The van der Waals surface area contributed by atoms with Gasteiger partial charge in [0.2, 0.25) is 0 Å². The van der Waals surface area contributed by atoms with Gasteiger partial charge in [-0.15, -0.1) is 0 Å². The summed E-state index contributed by atoms with van der Waals surface area (Å²) in [6.07, 6.45) is -1.14. The van der Waals surface area contributed by atoms with Crippen molar-refractivity contribution in [1.82, 2.24) is 0 Å². The van der Waals surface area contributed by atoms with Gasteiger partial charge in [0.25, 0.3) is 6.04 Å². The average molecular weight is 418 g/mol. The number of nitro groups is 1. The summed E-state index contributed by atoms with van der Waals surface area (Å²) in [5, 5.41) is 21.3. The Bertz CT molecular complexity index is 920. The smallest absolute Gasteiger partial charge is 0.342 e. The highest BCUT2D eigenvalue weighted by Crippen LogP contribution is 2.39. The highest BCUT2D eigenvalue weighted by molar-refractivity contribution is 5.94. The molecule has 0 bridgehead atoms. The molecule has 10 nitrogen and oxygen atoms in total. The Hall–Kier alpha value is -3.69. The first-order chi connectivity index (χ1) is 14.2. The van der Waals surface area contributed by atoms with Crippen LogP contribution >= 0.6 is 0 Å². The molecular formula is C20H22N2O8. The van der Waals surface area contributed by atoms with E-state index in [0.717, 1.165) is 7.11 Å². The Morgan fingerprint density at radius 1 is 1.20 bits per heavy atom. The number of aliphatic carboxylic acids is 1. The molecule has 1 N–H and O–H groups in total. The van der Waals surface area contributed by atoms with E-state index in [-0.39, 0.29) is 29.1 Å². The molecule has 0 fully saturated rings. The Morgan fingerprint density at radius 3 is 2.33 bits per heavy atom. The molecule has 1 aliphatic rings. The SMILES string of the molecule is CCOC(=O)CC1=C(CC(=O)O)C([N+](=O)[O-])C(C(=O)OC)=C(C)N1c1ccccc1. The number of benzene rings is 1. The quantitative estimate of drug-likeness (QED) is 0.383. The summed E-state index contributed by atoms with van der Waals surface area (Å²) in [5.41, 5.74) is 0.281. The Morgan fingerprint density at radius 2 is 1.83 bits per heavy atom. The largest absolute Gasteiger partial charge is 0.481 e. The van der Waals surface area contributed by atoms with Gasteiger partial charge in [0, 0.05) is 27.6 Å². The summed E-state index contributed by atoms with van der Waals surface area (Å²) in [7, 11) is 1.08. The Kier molecular flexibility index (Phi) is 7.29. The fourth-order valence-corrected chi connectivity index (χ4v) is 3.43. The maximum Gasteiger partial charge on any atom is 0.342 e. The molecule has 1 unspecified atom stereocenters. The zero-order chi connectivity index (χ0) is 22.4. The minimum atomic E-state index is -1.77. The van der Waals surface area contributed by atoms with E-state index in [4.69, 9.17) is 9.47 Å². The third kappa shape index (κ3) is 4.65. The van der Waals surface area contributed by atoms with Gasteiger partial charge < -0.3 is 19.5 Å². The van der Waals surface area contributed by atoms with Crippen molar-refractivity contribution in [2.45, 2.75) is 32.7 Å². The molecule has 0 saturated carbocycles. The highest BCUT2D eigenvalue weighted by atomic mass is 16.6. The number of ether oxygens (including phenoxy) is 2. The summed E-state index contributed by atoms with van der Waals surface area (Å²) in [5.74, 6) is -2.96. The van der Waals surface area contributed by atoms with Gasteiger partial charge in [0.15, 0.2) is 0 Å². The van der Waals surface area contributed by atoms with E-state index in [0.29, 0.717) is 5.69 Å². The molecule has 0 amide bonds. The van der Waals surface area contributed by atoms with Gasteiger partial charge in [0.1, 0.15) is 5.57 Å². The summed E-state index contributed by atoms with van der Waals surface area (Å²) in [4.78, 5) is 48.9. The molecule has 0 aliphatic carbocycles. The molecule has 0 spiro atoms. The van der Waals surface area contributed by atoms with Crippen molar-refractivity contribution < 1.29 is 33.9 Å². The van der Waals surface area contributed by atoms with Crippen molar-refractivity contribution in [3.05, 3.63) is 63.0 Å². The van der Waals surface area contributed by atoms with Gasteiger partial charge in [-0.1, -0.05) is 18.2 Å². The van der Waals surface area contributed by atoms with E-state index in [1.807, 2.05) is 0 Å². The number of methoxy groups -OCH3 is 1. The minimum absolute atomic E-state index is 0.0899. The predicted octanol–water partition coefficient (Wildman–Crippen LogP) is 2.28. The lowest BCUT2D eigenvalue weighted by Gasteiger charge is -2.36. The molecule has 10 heteroatoms. The van der Waals surface area contributed by atoms with Crippen LogP contribution in [0, 0.1) is 10.1 Å². The van der Waals surface area contributed by atoms with Crippen molar-refractivity contribution in [3.63, 3.8) is 0 Å². The standard InChI is InChI=1S/C20H22N2O8/c1-4-30-17(25)11-15-14(10-16(23)24)19(22(27)28)18(20(26)29-3)12(2)21(15)13-8-6-5-7-9-13/h5-9,19H,4,10-11H2,1-3H3,(H,23,24). The summed E-state index contributed by atoms with van der Waals surface area (Å²) < 4.78 is 9.73. The van der Waals surface area contributed by atoms with Crippen LogP contribution in [-0.2, 0) is 23.9 Å². The molecule has 1 atom stereocenters. The molecule has 1 heterocycles. The summed E-state index contributed by atoms with van der Waals surface area (Å²) >= 11 is 0. The number of esters is 2. The average Bonchev–Trinajstić information content (AvgIpc) is 2.69. The molecule has 0 radical (unpaired) electrons. The lowest BCUT2D eigenvalue weighted by atomic mass is 9.87. The van der Waals surface area contributed by atoms with Gasteiger partial charge >= 0.3 is 17.9 Å². The fraction of sp³-hybridized carbons (Fsp3) is 0.350. The second-order valence-corrected chi connectivity index (χ2v) is 6.37. The summed E-state index contributed by atoms with van der Waals surface area (Å²) in [6, 6.07) is 6.75. The Labute approximate surface area is 172 Å². The third-order valence-corrected chi connectivity index (χ3v) is 4.56. The number of anilines is 1. The van der Waals surface area contributed by atoms with Crippen molar-refractivity contribution in [1.29, 1.82) is 0 Å². The molecule has 160 valence electrons. The first-order valence-electron chi connectivity index (χ1n) is 9.09. The number of carbonyl (C=O) groups excluding carboxylic acids is 2. The number of hydrogen-bond donors (Lipinski definition) is 1. The van der Waals surface area contributed by atoms with Crippen LogP contribution in [0.4, 0.5) is 5.69 Å². The van der Waals surface area contributed by atoms with E-state index >= 15 is 0 Å². The van der Waals surface area contributed by atoms with E-state index in [9.17, 15) is 29.6 Å². The zero-order valence-electron chi connectivity index (χ0n) is 16.8. The number of carboxylic acids is 1. The van der Waals surface area contributed by atoms with Crippen LogP contribution in [0.1, 0.15) is 26.7 Å². The lowest BCUT2D eigenvalue weighted by Crippen LogP contribution is -2.41. The van der Waals surface area contributed by atoms with E-state index < -0.39 is 41.7 Å². The Balaban J connectivity index is 2.83. The number of carboxylic acid groups (broad SMARTS) is 1. The molecule has 1 aliphatic heterocycles. The van der Waals surface area contributed by atoms with E-state index in [1.165, 1.54) is 11.8 Å². The van der Waals surface area contributed by atoms with Crippen LogP contribution in [0.2, 0.25) is 0 Å². The predicted molar refractivity (Wildman–Crippen MR) is 105 cm³/mol. The molecule has 2 rings (SSSR count). The lowest BCUT2D eigenvalue weighted by molar-refractivity contribution is -0.502. The van der Waals surface area contributed by atoms with Crippen molar-refractivity contribution in [3.8, 4) is 0 Å². The van der Waals surface area contributed by atoms with E-state index in [1.54, 1.807) is 37.3 Å². The van der Waals surface area contributed by atoms with Crippen LogP contribution in [0.3, 0.4) is 0 Å². The first kappa shape index (κ1) is 22.6. The molecule has 30 heavy (non-hydrogen) atoms. The van der Waals surface area contributed by atoms with Crippen molar-refractivity contribution in [2.24, 2.45) is 0 Å². The van der Waals surface area contributed by atoms with Crippen LogP contribution in [0.5, 0.6) is 0 Å². The molecule has 1 aromatic rings. The van der Waals surface area contributed by atoms with Crippen LogP contribution in [0.25, 0.3) is 0 Å². The maximum absolute atomic E-state index is 12.5. The first-order valence-corrected chi connectivity index (χ1v) is 9.09. The van der Waals surface area contributed by atoms with Crippen molar-refractivity contribution >= 4 is 23.6 Å². The molecular weight excluding hydrogens is 396 g/mol. The van der Waals surface area contributed by atoms with Gasteiger partial charge in [-0.05, 0) is 26.0 Å². The van der Waals surface area contributed by atoms with Gasteiger partial charge in [-0.25, -0.2) is 4.79 Å². The molecule has 0 aromatic heterocycles. The van der Waals surface area contributed by atoms with E-state index in [2.05, 4.69) is 0 Å². The normalized spacial score (nSPS) is 16.4. The van der Waals surface area contributed by atoms with Crippen LogP contribution in [-0.4, -0.2) is 47.7 Å². The number of hydrogen-bond acceptors (Lipinski definition) is 8. The second-order valence-electron chi connectivity index (χ2n) is 6.37. The number of rotatable bonds is 8. The topological polar surface area (TPSA) is 136 Å². The number of para-hydroxylation sites is 1. The van der Waals surface area contributed by atoms with Crippen molar-refractivity contribution in [2.75, 3.05) is 18.6 Å². The summed E-state index contributed by atoms with van der Waals surface area (Å²) in [6.45, 7) is 3.19. The molecule has 1 aromatic carbocycles. The molecule has 0 saturated heterocycles. The zero-order valence-corrected chi connectivity index (χ0v) is 16.8. The van der Waals surface area contributed by atoms with Crippen LogP contribution < -0.4 is 4.90 Å². The van der Waals surface area contributed by atoms with Crippen LogP contribution in [0.15, 0.2) is 52.9 Å².